The Morgan fingerprint density at radius 3 is 2.62 bits per heavy atom. The molecule has 0 spiro atoms. The summed E-state index contributed by atoms with van der Waals surface area (Å²) >= 11 is 0. The molecular weight excluding hydrogens is 262 g/mol. The van der Waals surface area contributed by atoms with Crippen molar-refractivity contribution in [3.05, 3.63) is 35.4 Å². The summed E-state index contributed by atoms with van der Waals surface area (Å²) < 4.78 is 0. The highest BCUT2D eigenvalue weighted by Gasteiger charge is 2.26. The van der Waals surface area contributed by atoms with E-state index < -0.39 is 5.97 Å². The standard InChI is InChI=1S/C18H27NO2/c1-13(2)6-9-15-4-3-5-17(15)19-12-14-7-10-16(11-8-14)18(20)21/h7-8,10-11,13,15,17,19H,3-6,9,12H2,1-2H3,(H,20,21). The van der Waals surface area contributed by atoms with E-state index in [0.29, 0.717) is 11.6 Å². The third-order valence-electron chi connectivity index (χ3n) is 4.54. The average Bonchev–Trinajstić information content (AvgIpc) is 2.90. The number of carbonyl (C=O) groups is 1. The van der Waals surface area contributed by atoms with Gasteiger partial charge in [0.25, 0.3) is 0 Å². The summed E-state index contributed by atoms with van der Waals surface area (Å²) in [7, 11) is 0. The molecule has 2 atom stereocenters. The molecule has 0 saturated heterocycles. The topological polar surface area (TPSA) is 49.3 Å². The lowest BCUT2D eigenvalue weighted by Crippen LogP contribution is -2.32. The first-order valence-corrected chi connectivity index (χ1v) is 8.12. The molecule has 0 heterocycles. The summed E-state index contributed by atoms with van der Waals surface area (Å²) in [4.78, 5) is 10.8. The van der Waals surface area contributed by atoms with Crippen molar-refractivity contribution < 1.29 is 9.90 Å². The lowest BCUT2D eigenvalue weighted by Gasteiger charge is -2.22. The maximum atomic E-state index is 10.8. The van der Waals surface area contributed by atoms with Gasteiger partial charge in [0.15, 0.2) is 0 Å². The van der Waals surface area contributed by atoms with Gasteiger partial charge in [0.1, 0.15) is 0 Å². The van der Waals surface area contributed by atoms with Crippen LogP contribution in [0.4, 0.5) is 0 Å². The van der Waals surface area contributed by atoms with E-state index in [9.17, 15) is 4.79 Å². The van der Waals surface area contributed by atoms with Crippen molar-refractivity contribution in [1.29, 1.82) is 0 Å². The molecule has 2 N–H and O–H groups in total. The maximum Gasteiger partial charge on any atom is 0.335 e. The highest BCUT2D eigenvalue weighted by molar-refractivity contribution is 5.87. The summed E-state index contributed by atoms with van der Waals surface area (Å²) in [6.45, 7) is 5.42. The van der Waals surface area contributed by atoms with Crippen LogP contribution >= 0.6 is 0 Å². The third kappa shape index (κ3) is 4.85. The van der Waals surface area contributed by atoms with Gasteiger partial charge in [-0.1, -0.05) is 38.8 Å². The summed E-state index contributed by atoms with van der Waals surface area (Å²) in [6, 6.07) is 7.82. The van der Waals surface area contributed by atoms with Crippen molar-refractivity contribution in [3.8, 4) is 0 Å². The van der Waals surface area contributed by atoms with E-state index in [1.165, 1.54) is 32.1 Å². The Kier molecular flexibility index (Phi) is 5.80. The minimum atomic E-state index is -0.862. The van der Waals surface area contributed by atoms with E-state index in [1.54, 1.807) is 12.1 Å². The van der Waals surface area contributed by atoms with Crippen LogP contribution in [0.5, 0.6) is 0 Å². The first kappa shape index (κ1) is 16.0. The van der Waals surface area contributed by atoms with Crippen LogP contribution in [-0.2, 0) is 6.54 Å². The van der Waals surface area contributed by atoms with Crippen LogP contribution in [0, 0.1) is 11.8 Å². The summed E-state index contributed by atoms with van der Waals surface area (Å²) in [5, 5.41) is 12.6. The van der Waals surface area contributed by atoms with Gasteiger partial charge >= 0.3 is 5.97 Å². The molecule has 3 heteroatoms. The second-order valence-corrected chi connectivity index (χ2v) is 6.65. The van der Waals surface area contributed by atoms with Gasteiger partial charge in [-0.2, -0.15) is 0 Å². The lowest BCUT2D eigenvalue weighted by molar-refractivity contribution is 0.0697. The average molecular weight is 289 g/mol. The predicted octanol–water partition coefficient (Wildman–Crippen LogP) is 4.08. The fourth-order valence-electron chi connectivity index (χ4n) is 3.21. The molecule has 1 fully saturated rings. The molecule has 1 aromatic rings. The Bertz CT molecular complexity index is 453. The molecule has 1 aliphatic carbocycles. The second kappa shape index (κ2) is 7.60. The monoisotopic (exact) mass is 289 g/mol. The fraction of sp³-hybridized carbons (Fsp3) is 0.611. The van der Waals surface area contributed by atoms with Gasteiger partial charge in [-0.15, -0.1) is 0 Å². The SMILES string of the molecule is CC(C)CCC1CCCC1NCc1ccc(C(=O)O)cc1. The molecule has 2 unspecified atom stereocenters. The van der Waals surface area contributed by atoms with Crippen LogP contribution in [0.2, 0.25) is 0 Å². The maximum absolute atomic E-state index is 10.8. The molecule has 1 aromatic carbocycles. The normalized spacial score (nSPS) is 21.9. The molecule has 21 heavy (non-hydrogen) atoms. The minimum absolute atomic E-state index is 0.356. The van der Waals surface area contributed by atoms with Crippen LogP contribution in [0.3, 0.4) is 0 Å². The number of hydrogen-bond acceptors (Lipinski definition) is 2. The molecule has 0 radical (unpaired) electrons. The van der Waals surface area contributed by atoms with E-state index in [1.807, 2.05) is 12.1 Å². The zero-order chi connectivity index (χ0) is 15.2. The van der Waals surface area contributed by atoms with Crippen molar-refractivity contribution >= 4 is 5.97 Å². The Labute approximate surface area is 127 Å². The summed E-state index contributed by atoms with van der Waals surface area (Å²) in [6.07, 6.45) is 6.60. The summed E-state index contributed by atoms with van der Waals surface area (Å²) in [5.41, 5.74) is 1.52. The first-order valence-electron chi connectivity index (χ1n) is 8.12. The van der Waals surface area contributed by atoms with Gasteiger partial charge < -0.3 is 10.4 Å². The zero-order valence-electron chi connectivity index (χ0n) is 13.1. The van der Waals surface area contributed by atoms with Crippen LogP contribution < -0.4 is 5.32 Å². The minimum Gasteiger partial charge on any atom is -0.478 e. The van der Waals surface area contributed by atoms with E-state index in [-0.39, 0.29) is 0 Å². The smallest absolute Gasteiger partial charge is 0.335 e. The number of carboxylic acid groups (broad SMARTS) is 1. The number of hydrogen-bond donors (Lipinski definition) is 2. The van der Waals surface area contributed by atoms with Crippen LogP contribution in [0.25, 0.3) is 0 Å². The molecule has 0 bridgehead atoms. The Balaban J connectivity index is 1.82. The molecule has 1 saturated carbocycles. The molecular formula is C18H27NO2. The van der Waals surface area contributed by atoms with E-state index in [2.05, 4.69) is 19.2 Å². The van der Waals surface area contributed by atoms with Crippen LogP contribution in [0.15, 0.2) is 24.3 Å². The first-order chi connectivity index (χ1) is 10.1. The number of nitrogens with one attached hydrogen (secondary N) is 1. The fourth-order valence-corrected chi connectivity index (χ4v) is 3.21. The molecule has 116 valence electrons. The van der Waals surface area contributed by atoms with Crippen molar-refractivity contribution in [2.75, 3.05) is 0 Å². The number of benzene rings is 1. The van der Waals surface area contributed by atoms with Gasteiger partial charge in [0.2, 0.25) is 0 Å². The second-order valence-electron chi connectivity index (χ2n) is 6.65. The van der Waals surface area contributed by atoms with Crippen molar-refractivity contribution in [1.82, 2.24) is 5.32 Å². The highest BCUT2D eigenvalue weighted by atomic mass is 16.4. The Morgan fingerprint density at radius 1 is 1.29 bits per heavy atom. The van der Waals surface area contributed by atoms with Gasteiger partial charge in [-0.3, -0.25) is 0 Å². The van der Waals surface area contributed by atoms with E-state index in [4.69, 9.17) is 5.11 Å². The van der Waals surface area contributed by atoms with Gasteiger partial charge in [-0.25, -0.2) is 4.79 Å². The zero-order valence-corrected chi connectivity index (χ0v) is 13.1. The predicted molar refractivity (Wildman–Crippen MR) is 85.4 cm³/mol. The molecule has 0 amide bonds. The van der Waals surface area contributed by atoms with Crippen molar-refractivity contribution in [2.45, 2.75) is 58.5 Å². The number of carboxylic acids is 1. The largest absolute Gasteiger partial charge is 0.478 e. The van der Waals surface area contributed by atoms with Crippen molar-refractivity contribution in [3.63, 3.8) is 0 Å². The molecule has 1 aliphatic rings. The number of rotatable bonds is 7. The van der Waals surface area contributed by atoms with E-state index >= 15 is 0 Å². The molecule has 0 aliphatic heterocycles. The third-order valence-corrected chi connectivity index (χ3v) is 4.54. The molecule has 0 aromatic heterocycles. The Morgan fingerprint density at radius 2 is 2.00 bits per heavy atom. The van der Waals surface area contributed by atoms with Gasteiger partial charge in [0, 0.05) is 12.6 Å². The quantitative estimate of drug-likeness (QED) is 0.795. The lowest BCUT2D eigenvalue weighted by atomic mass is 9.93. The number of aromatic carboxylic acids is 1. The van der Waals surface area contributed by atoms with Crippen LogP contribution in [-0.4, -0.2) is 17.1 Å². The van der Waals surface area contributed by atoms with Gasteiger partial charge in [0.05, 0.1) is 5.56 Å². The molecule has 3 nitrogen and oxygen atoms in total. The van der Waals surface area contributed by atoms with Gasteiger partial charge in [-0.05, 0) is 48.8 Å². The molecule has 2 rings (SSSR count). The van der Waals surface area contributed by atoms with E-state index in [0.717, 1.165) is 23.9 Å². The summed E-state index contributed by atoms with van der Waals surface area (Å²) in [5.74, 6) is 0.736. The highest BCUT2D eigenvalue weighted by Crippen LogP contribution is 2.30. The Hall–Kier alpha value is -1.35. The van der Waals surface area contributed by atoms with Crippen LogP contribution in [0.1, 0.15) is 61.9 Å². The van der Waals surface area contributed by atoms with Crippen molar-refractivity contribution in [2.24, 2.45) is 11.8 Å².